The largest absolute Gasteiger partial charge is 0.399 e. The topological polar surface area (TPSA) is 56.7 Å². The van der Waals surface area contributed by atoms with E-state index in [1.807, 2.05) is 31.3 Å². The number of halogens is 1. The van der Waals surface area contributed by atoms with Crippen molar-refractivity contribution in [2.24, 2.45) is 7.05 Å². The maximum absolute atomic E-state index is 5.69. The summed E-state index contributed by atoms with van der Waals surface area (Å²) in [6.07, 6.45) is 0.705. The smallest absolute Gasteiger partial charge is 0.242 e. The lowest BCUT2D eigenvalue weighted by Crippen LogP contribution is -2.00. The average molecular weight is 223 g/mol. The molecule has 0 aliphatic heterocycles. The third-order valence-electron chi connectivity index (χ3n) is 2.17. The van der Waals surface area contributed by atoms with Crippen LogP contribution in [0.3, 0.4) is 0 Å². The highest BCUT2D eigenvalue weighted by Gasteiger charge is 2.05. The van der Waals surface area contributed by atoms with E-state index >= 15 is 0 Å². The third kappa shape index (κ3) is 2.27. The molecule has 1 heterocycles. The second-order valence-electron chi connectivity index (χ2n) is 3.34. The van der Waals surface area contributed by atoms with Gasteiger partial charge in [-0.2, -0.15) is 0 Å². The summed E-state index contributed by atoms with van der Waals surface area (Å²) in [4.78, 5) is 4.11. The maximum Gasteiger partial charge on any atom is 0.242 e. The predicted octanol–water partition coefficient (Wildman–Crippen LogP) is 1.64. The summed E-state index contributed by atoms with van der Waals surface area (Å²) in [6.45, 7) is 0. The van der Waals surface area contributed by atoms with Gasteiger partial charge in [-0.1, -0.05) is 12.1 Å². The van der Waals surface area contributed by atoms with Gasteiger partial charge in [0.25, 0.3) is 0 Å². The van der Waals surface area contributed by atoms with E-state index < -0.39 is 0 Å². The van der Waals surface area contributed by atoms with E-state index in [1.54, 1.807) is 4.68 Å². The Balaban J connectivity index is 2.21. The van der Waals surface area contributed by atoms with Crippen LogP contribution in [0.1, 0.15) is 11.4 Å². The fraction of sp³-hybridized carbons (Fsp3) is 0.200. The first-order valence-corrected chi connectivity index (χ1v) is 4.93. The molecule has 0 saturated carbocycles. The van der Waals surface area contributed by atoms with Crippen molar-refractivity contribution in [2.75, 3.05) is 5.73 Å². The molecule has 4 nitrogen and oxygen atoms in total. The van der Waals surface area contributed by atoms with Crippen molar-refractivity contribution >= 4 is 17.3 Å². The molecule has 0 radical (unpaired) electrons. The number of hydrogen-bond acceptors (Lipinski definition) is 3. The lowest BCUT2D eigenvalue weighted by Gasteiger charge is -2.00. The molecule has 0 spiro atoms. The lowest BCUT2D eigenvalue weighted by atomic mass is 10.1. The summed E-state index contributed by atoms with van der Waals surface area (Å²) in [5.74, 6) is 0.838. The summed E-state index contributed by atoms with van der Waals surface area (Å²) < 4.78 is 1.68. The molecule has 1 aromatic carbocycles. The Hall–Kier alpha value is -1.55. The van der Waals surface area contributed by atoms with E-state index in [9.17, 15) is 0 Å². The normalized spacial score (nSPS) is 10.5. The van der Waals surface area contributed by atoms with Crippen LogP contribution in [0.2, 0.25) is 5.28 Å². The van der Waals surface area contributed by atoms with E-state index in [1.165, 1.54) is 0 Å². The van der Waals surface area contributed by atoms with Gasteiger partial charge in [0.15, 0.2) is 0 Å². The van der Waals surface area contributed by atoms with Gasteiger partial charge in [0.05, 0.1) is 0 Å². The molecule has 0 saturated heterocycles. The Morgan fingerprint density at radius 3 is 2.53 bits per heavy atom. The summed E-state index contributed by atoms with van der Waals surface area (Å²) in [5, 5.41) is 4.25. The molecule has 1 aromatic heterocycles. The number of rotatable bonds is 2. The van der Waals surface area contributed by atoms with E-state index in [0.717, 1.165) is 17.1 Å². The summed E-state index contributed by atoms with van der Waals surface area (Å²) in [6, 6.07) is 7.68. The summed E-state index contributed by atoms with van der Waals surface area (Å²) in [7, 11) is 1.82. The number of aryl methyl sites for hydroxylation is 1. The van der Waals surface area contributed by atoms with Gasteiger partial charge in [-0.25, -0.2) is 4.98 Å². The molecule has 0 unspecified atom stereocenters. The summed E-state index contributed by atoms with van der Waals surface area (Å²) in [5.41, 5.74) is 7.49. The SMILES string of the molecule is Cn1nc(Cl)nc1Cc1ccc(N)cc1. The van der Waals surface area contributed by atoms with Crippen LogP contribution in [-0.4, -0.2) is 14.8 Å². The van der Waals surface area contributed by atoms with Crippen molar-refractivity contribution in [3.63, 3.8) is 0 Å². The quantitative estimate of drug-likeness (QED) is 0.786. The number of nitrogens with two attached hydrogens (primary N) is 1. The van der Waals surface area contributed by atoms with Gasteiger partial charge < -0.3 is 5.73 Å². The fourth-order valence-electron chi connectivity index (χ4n) is 1.35. The van der Waals surface area contributed by atoms with E-state index in [2.05, 4.69) is 10.1 Å². The van der Waals surface area contributed by atoms with Crippen LogP contribution in [0.4, 0.5) is 5.69 Å². The maximum atomic E-state index is 5.69. The van der Waals surface area contributed by atoms with Crippen LogP contribution < -0.4 is 5.73 Å². The Kier molecular flexibility index (Phi) is 2.60. The van der Waals surface area contributed by atoms with Crippen LogP contribution in [0.15, 0.2) is 24.3 Å². The zero-order chi connectivity index (χ0) is 10.8. The molecule has 0 atom stereocenters. The average Bonchev–Trinajstić information content (AvgIpc) is 2.49. The second kappa shape index (κ2) is 3.90. The van der Waals surface area contributed by atoms with Crippen LogP contribution in [-0.2, 0) is 13.5 Å². The molecule has 2 aromatic rings. The first kappa shape index (κ1) is 9.98. The number of benzene rings is 1. The zero-order valence-corrected chi connectivity index (χ0v) is 9.07. The molecule has 2 N–H and O–H groups in total. The highest BCUT2D eigenvalue weighted by atomic mass is 35.5. The van der Waals surface area contributed by atoms with Crippen molar-refractivity contribution in [2.45, 2.75) is 6.42 Å². The van der Waals surface area contributed by atoms with Gasteiger partial charge >= 0.3 is 0 Å². The fourth-order valence-corrected chi connectivity index (χ4v) is 1.57. The first-order valence-electron chi connectivity index (χ1n) is 4.55. The zero-order valence-electron chi connectivity index (χ0n) is 8.31. The number of aromatic nitrogens is 3. The minimum atomic E-state index is 0.281. The first-order chi connectivity index (χ1) is 7.15. The number of nitrogens with zero attached hydrogens (tertiary/aromatic N) is 3. The standard InChI is InChI=1S/C10H11ClN4/c1-15-9(13-10(11)14-15)6-7-2-4-8(12)5-3-7/h2-5H,6,12H2,1H3. The number of nitrogen functional groups attached to an aromatic ring is 1. The molecule has 0 amide bonds. The molecule has 2 rings (SSSR count). The molecule has 0 fully saturated rings. The van der Waals surface area contributed by atoms with Crippen molar-refractivity contribution < 1.29 is 0 Å². The molecule has 15 heavy (non-hydrogen) atoms. The molecular weight excluding hydrogens is 212 g/mol. The highest BCUT2D eigenvalue weighted by Crippen LogP contribution is 2.11. The van der Waals surface area contributed by atoms with E-state index in [0.29, 0.717) is 6.42 Å². The van der Waals surface area contributed by atoms with Gasteiger partial charge in [-0.05, 0) is 29.3 Å². The van der Waals surface area contributed by atoms with Gasteiger partial charge in [0.2, 0.25) is 5.28 Å². The Morgan fingerprint density at radius 2 is 2.00 bits per heavy atom. The van der Waals surface area contributed by atoms with Crippen LogP contribution >= 0.6 is 11.6 Å². The van der Waals surface area contributed by atoms with Gasteiger partial charge in [-0.15, -0.1) is 5.10 Å². The van der Waals surface area contributed by atoms with Crippen LogP contribution in [0.5, 0.6) is 0 Å². The van der Waals surface area contributed by atoms with Crippen LogP contribution in [0.25, 0.3) is 0 Å². The van der Waals surface area contributed by atoms with Crippen LogP contribution in [0, 0.1) is 0 Å². The van der Waals surface area contributed by atoms with Gasteiger partial charge in [0.1, 0.15) is 5.82 Å². The molecule has 78 valence electrons. The monoisotopic (exact) mass is 222 g/mol. The third-order valence-corrected chi connectivity index (χ3v) is 2.33. The van der Waals surface area contributed by atoms with Gasteiger partial charge in [-0.3, -0.25) is 4.68 Å². The Labute approximate surface area is 92.7 Å². The van der Waals surface area contributed by atoms with E-state index in [4.69, 9.17) is 17.3 Å². The Morgan fingerprint density at radius 1 is 1.33 bits per heavy atom. The number of hydrogen-bond donors (Lipinski definition) is 1. The second-order valence-corrected chi connectivity index (χ2v) is 3.68. The molecule has 0 bridgehead atoms. The number of anilines is 1. The lowest BCUT2D eigenvalue weighted by molar-refractivity contribution is 0.716. The van der Waals surface area contributed by atoms with Crippen molar-refractivity contribution in [3.05, 3.63) is 40.9 Å². The predicted molar refractivity (Wildman–Crippen MR) is 59.7 cm³/mol. The highest BCUT2D eigenvalue weighted by molar-refractivity contribution is 6.28. The van der Waals surface area contributed by atoms with Crippen molar-refractivity contribution in [3.8, 4) is 0 Å². The molecule has 0 aliphatic rings. The van der Waals surface area contributed by atoms with E-state index in [-0.39, 0.29) is 5.28 Å². The van der Waals surface area contributed by atoms with Crippen molar-refractivity contribution in [1.29, 1.82) is 0 Å². The molecular formula is C10H11ClN4. The molecule has 5 heteroatoms. The summed E-state index contributed by atoms with van der Waals surface area (Å²) >= 11 is 5.69. The van der Waals surface area contributed by atoms with Crippen molar-refractivity contribution in [1.82, 2.24) is 14.8 Å². The minimum Gasteiger partial charge on any atom is -0.399 e. The van der Waals surface area contributed by atoms with Gasteiger partial charge in [0, 0.05) is 19.2 Å². The molecule has 0 aliphatic carbocycles. The Bertz CT molecular complexity index is 461. The minimum absolute atomic E-state index is 0.281.